The lowest BCUT2D eigenvalue weighted by atomic mass is 10.1. The van der Waals surface area contributed by atoms with Crippen molar-refractivity contribution < 1.29 is 9.47 Å². The highest BCUT2D eigenvalue weighted by atomic mass is 32.1. The van der Waals surface area contributed by atoms with Gasteiger partial charge in [-0.05, 0) is 36.4 Å². The molecule has 2 saturated heterocycles. The quantitative estimate of drug-likeness (QED) is 0.333. The average molecular weight is 528 g/mol. The number of H-pyrrole nitrogens is 1. The van der Waals surface area contributed by atoms with Gasteiger partial charge in [0, 0.05) is 59.9 Å². The number of nitrogens with zero attached hydrogens (tertiary/aromatic N) is 5. The molecule has 0 saturated carbocycles. The Bertz CT molecular complexity index is 1550. The molecule has 0 unspecified atom stereocenters. The first-order valence-corrected chi connectivity index (χ1v) is 13.9. The molecule has 10 heteroatoms. The van der Waals surface area contributed by atoms with E-state index >= 15 is 0 Å². The molecule has 0 bridgehead atoms. The van der Waals surface area contributed by atoms with Crippen molar-refractivity contribution in [2.24, 2.45) is 0 Å². The Kier molecular flexibility index (Phi) is 6.28. The fourth-order valence-electron chi connectivity index (χ4n) is 5.13. The number of thiophene rings is 1. The van der Waals surface area contributed by atoms with Gasteiger partial charge in [0.2, 0.25) is 0 Å². The third-order valence-corrected chi connectivity index (χ3v) is 8.27. The van der Waals surface area contributed by atoms with Crippen LogP contribution in [0.15, 0.2) is 54.7 Å². The van der Waals surface area contributed by atoms with Crippen molar-refractivity contribution in [2.45, 2.75) is 6.54 Å². The monoisotopic (exact) mass is 527 g/mol. The molecule has 0 radical (unpaired) electrons. The van der Waals surface area contributed by atoms with Crippen LogP contribution in [0.25, 0.3) is 32.5 Å². The van der Waals surface area contributed by atoms with E-state index in [2.05, 4.69) is 61.7 Å². The zero-order chi connectivity index (χ0) is 25.3. The van der Waals surface area contributed by atoms with Crippen LogP contribution in [0.5, 0.6) is 0 Å². The third-order valence-electron chi connectivity index (χ3n) is 7.15. The number of nitrogens with one attached hydrogen (secondary N) is 2. The normalized spacial score (nSPS) is 16.4. The highest BCUT2D eigenvalue weighted by molar-refractivity contribution is 7.19. The minimum absolute atomic E-state index is 0.707. The second-order valence-corrected chi connectivity index (χ2v) is 10.7. The van der Waals surface area contributed by atoms with Crippen molar-refractivity contribution in [3.05, 3.63) is 59.6 Å². The molecular weight excluding hydrogens is 498 g/mol. The molecule has 0 amide bonds. The predicted molar refractivity (Wildman–Crippen MR) is 152 cm³/mol. The van der Waals surface area contributed by atoms with Crippen LogP contribution in [-0.2, 0) is 16.0 Å². The van der Waals surface area contributed by atoms with E-state index < -0.39 is 0 Å². The summed E-state index contributed by atoms with van der Waals surface area (Å²) in [6, 6.07) is 17.0. The number of anilines is 3. The molecule has 2 aromatic carbocycles. The standard InChI is InChI=1S/C28H29N7O2S/c1-2-22(23-18-30-33-24(23)3-1)27-31-25-16-21(38-26(25)28(32-27)35-10-14-37-15-11-35)17-29-19-4-6-20(7-5-19)34-8-12-36-13-9-34/h1-7,16,18,29H,8-15,17H2,(H,30,33). The first kappa shape index (κ1) is 23.4. The van der Waals surface area contributed by atoms with Gasteiger partial charge in [0.1, 0.15) is 0 Å². The summed E-state index contributed by atoms with van der Waals surface area (Å²) in [5.74, 6) is 1.71. The maximum atomic E-state index is 5.62. The van der Waals surface area contributed by atoms with Gasteiger partial charge in [-0.15, -0.1) is 11.3 Å². The Hall–Kier alpha value is -3.73. The van der Waals surface area contributed by atoms with E-state index in [1.54, 1.807) is 11.3 Å². The summed E-state index contributed by atoms with van der Waals surface area (Å²) in [5, 5.41) is 11.9. The van der Waals surface area contributed by atoms with Gasteiger partial charge in [-0.1, -0.05) is 12.1 Å². The van der Waals surface area contributed by atoms with Crippen LogP contribution in [0.4, 0.5) is 17.2 Å². The third kappa shape index (κ3) is 4.55. The van der Waals surface area contributed by atoms with E-state index in [0.29, 0.717) is 13.2 Å². The number of hydrogen-bond acceptors (Lipinski definition) is 9. The molecule has 38 heavy (non-hydrogen) atoms. The SMILES string of the molecule is c1cc(-c2nc(N3CCOCC3)c3sc(CNc4ccc(N5CCOCC5)cc4)cc3n2)c2cn[nH]c2c1. The summed E-state index contributed by atoms with van der Waals surface area (Å²) in [6.45, 7) is 7.26. The van der Waals surface area contributed by atoms with E-state index in [4.69, 9.17) is 19.4 Å². The van der Waals surface area contributed by atoms with E-state index in [1.807, 2.05) is 18.3 Å². The number of ether oxygens (including phenoxy) is 2. The second-order valence-electron chi connectivity index (χ2n) is 9.53. The molecule has 0 spiro atoms. The van der Waals surface area contributed by atoms with Gasteiger partial charge < -0.3 is 24.6 Å². The molecule has 7 rings (SSSR count). The average Bonchev–Trinajstić information content (AvgIpc) is 3.64. The number of aromatic amines is 1. The molecule has 9 nitrogen and oxygen atoms in total. The van der Waals surface area contributed by atoms with Gasteiger partial charge in [0.15, 0.2) is 11.6 Å². The second kappa shape index (κ2) is 10.2. The smallest absolute Gasteiger partial charge is 0.162 e. The Balaban J connectivity index is 1.18. The fraction of sp³-hybridized carbons (Fsp3) is 0.321. The van der Waals surface area contributed by atoms with Gasteiger partial charge in [-0.2, -0.15) is 5.10 Å². The first-order valence-electron chi connectivity index (χ1n) is 13.0. The van der Waals surface area contributed by atoms with Crippen molar-refractivity contribution in [1.29, 1.82) is 0 Å². The largest absolute Gasteiger partial charge is 0.380 e. The van der Waals surface area contributed by atoms with Crippen molar-refractivity contribution in [1.82, 2.24) is 20.2 Å². The zero-order valence-corrected chi connectivity index (χ0v) is 21.8. The topological polar surface area (TPSA) is 91.4 Å². The van der Waals surface area contributed by atoms with E-state index in [1.165, 1.54) is 10.6 Å². The van der Waals surface area contributed by atoms with Gasteiger partial charge in [0.05, 0.1) is 48.4 Å². The molecule has 5 heterocycles. The highest BCUT2D eigenvalue weighted by Crippen LogP contribution is 2.36. The number of fused-ring (bicyclic) bond motifs is 2. The minimum Gasteiger partial charge on any atom is -0.380 e. The van der Waals surface area contributed by atoms with Crippen molar-refractivity contribution >= 4 is 49.6 Å². The summed E-state index contributed by atoms with van der Waals surface area (Å²) < 4.78 is 12.2. The number of rotatable bonds is 6. The van der Waals surface area contributed by atoms with Crippen LogP contribution >= 0.6 is 11.3 Å². The molecule has 2 N–H and O–H groups in total. The summed E-state index contributed by atoms with van der Waals surface area (Å²) in [5.41, 5.74) is 5.28. The van der Waals surface area contributed by atoms with E-state index in [0.717, 1.165) is 90.0 Å². The lowest BCUT2D eigenvalue weighted by molar-refractivity contribution is 0.122. The molecule has 3 aromatic heterocycles. The summed E-state index contributed by atoms with van der Waals surface area (Å²) >= 11 is 1.76. The Morgan fingerprint density at radius 2 is 1.66 bits per heavy atom. The minimum atomic E-state index is 0.707. The van der Waals surface area contributed by atoms with Gasteiger partial charge in [0.25, 0.3) is 0 Å². The number of benzene rings is 2. The highest BCUT2D eigenvalue weighted by Gasteiger charge is 2.21. The number of aromatic nitrogens is 4. The molecule has 2 aliphatic rings. The van der Waals surface area contributed by atoms with Crippen LogP contribution in [-0.4, -0.2) is 72.8 Å². The fourth-order valence-corrected chi connectivity index (χ4v) is 6.18. The molecule has 2 aliphatic heterocycles. The van der Waals surface area contributed by atoms with Crippen LogP contribution in [0, 0.1) is 0 Å². The Morgan fingerprint density at radius 1 is 0.895 bits per heavy atom. The molecule has 2 fully saturated rings. The van der Waals surface area contributed by atoms with Crippen molar-refractivity contribution in [2.75, 3.05) is 67.7 Å². The lowest BCUT2D eigenvalue weighted by Gasteiger charge is -2.28. The van der Waals surface area contributed by atoms with Crippen molar-refractivity contribution in [3.63, 3.8) is 0 Å². The Morgan fingerprint density at radius 3 is 2.45 bits per heavy atom. The molecule has 0 aliphatic carbocycles. The Labute approximate surface area is 224 Å². The summed E-state index contributed by atoms with van der Waals surface area (Å²) in [4.78, 5) is 16.0. The van der Waals surface area contributed by atoms with Crippen LogP contribution in [0.3, 0.4) is 0 Å². The van der Waals surface area contributed by atoms with Crippen LogP contribution in [0.1, 0.15) is 4.88 Å². The zero-order valence-electron chi connectivity index (χ0n) is 21.0. The molecule has 5 aromatic rings. The predicted octanol–water partition coefficient (Wildman–Crippen LogP) is 4.52. The first-order chi connectivity index (χ1) is 18.8. The maximum absolute atomic E-state index is 5.62. The van der Waals surface area contributed by atoms with E-state index in [-0.39, 0.29) is 0 Å². The van der Waals surface area contributed by atoms with Crippen LogP contribution in [0.2, 0.25) is 0 Å². The van der Waals surface area contributed by atoms with Crippen molar-refractivity contribution in [3.8, 4) is 11.4 Å². The lowest BCUT2D eigenvalue weighted by Crippen LogP contribution is -2.36. The molecule has 0 atom stereocenters. The molecular formula is C28H29N7O2S. The number of hydrogen-bond donors (Lipinski definition) is 2. The van der Waals surface area contributed by atoms with E-state index in [9.17, 15) is 0 Å². The maximum Gasteiger partial charge on any atom is 0.162 e. The van der Waals surface area contributed by atoms with Crippen LogP contribution < -0.4 is 15.1 Å². The van der Waals surface area contributed by atoms with Gasteiger partial charge in [-0.3, -0.25) is 5.10 Å². The summed E-state index contributed by atoms with van der Waals surface area (Å²) in [6.07, 6.45) is 1.85. The number of morpholine rings is 2. The van der Waals surface area contributed by atoms with Gasteiger partial charge >= 0.3 is 0 Å². The summed E-state index contributed by atoms with van der Waals surface area (Å²) in [7, 11) is 0. The van der Waals surface area contributed by atoms with Gasteiger partial charge in [-0.25, -0.2) is 9.97 Å². The molecule has 194 valence electrons.